The maximum atomic E-state index is 12.8. The Bertz CT molecular complexity index is 1110. The highest BCUT2D eigenvalue weighted by atomic mass is 16.5. The molecule has 2 aromatic rings. The van der Waals surface area contributed by atoms with E-state index in [1.54, 1.807) is 25.3 Å². The molecule has 2 saturated heterocycles. The zero-order valence-corrected chi connectivity index (χ0v) is 18.9. The number of benzene rings is 2. The monoisotopic (exact) mass is 448 g/mol. The lowest BCUT2D eigenvalue weighted by Gasteiger charge is -2.29. The molecule has 2 aliphatic heterocycles. The lowest BCUT2D eigenvalue weighted by atomic mass is 10.1. The van der Waals surface area contributed by atoms with Gasteiger partial charge < -0.3 is 20.3 Å². The molecule has 4 amide bonds. The third-order valence-electron chi connectivity index (χ3n) is 5.92. The summed E-state index contributed by atoms with van der Waals surface area (Å²) in [6.45, 7) is 3.52. The second-order valence-electron chi connectivity index (χ2n) is 8.22. The molecule has 0 unspecified atom stereocenters. The third kappa shape index (κ3) is 5.00. The SMILES string of the molecule is COc1cc(N2CCCCC2)ccc1/C=C1\NC(=O)N(CC(=O)Nc2ccccc2C)C1=O. The Hall–Kier alpha value is -3.81. The van der Waals surface area contributed by atoms with Gasteiger partial charge in [0.15, 0.2) is 0 Å². The predicted octanol–water partition coefficient (Wildman–Crippen LogP) is 3.53. The fraction of sp³-hybridized carbons (Fsp3) is 0.320. The van der Waals surface area contributed by atoms with Crippen LogP contribution < -0.4 is 20.3 Å². The normalized spacial score (nSPS) is 17.3. The molecule has 0 atom stereocenters. The Morgan fingerprint density at radius 2 is 1.88 bits per heavy atom. The lowest BCUT2D eigenvalue weighted by Crippen LogP contribution is -2.38. The molecule has 8 heteroatoms. The number of hydrogen-bond acceptors (Lipinski definition) is 5. The van der Waals surface area contributed by atoms with Gasteiger partial charge in [-0.15, -0.1) is 0 Å². The zero-order valence-electron chi connectivity index (χ0n) is 18.9. The largest absolute Gasteiger partial charge is 0.496 e. The van der Waals surface area contributed by atoms with E-state index in [9.17, 15) is 14.4 Å². The maximum absolute atomic E-state index is 12.8. The minimum absolute atomic E-state index is 0.104. The first-order chi connectivity index (χ1) is 16.0. The number of nitrogens with zero attached hydrogens (tertiary/aromatic N) is 2. The summed E-state index contributed by atoms with van der Waals surface area (Å²) >= 11 is 0. The number of nitrogens with one attached hydrogen (secondary N) is 2. The van der Waals surface area contributed by atoms with Crippen LogP contribution in [-0.4, -0.2) is 49.5 Å². The average molecular weight is 449 g/mol. The molecule has 4 rings (SSSR count). The fourth-order valence-corrected chi connectivity index (χ4v) is 4.09. The summed E-state index contributed by atoms with van der Waals surface area (Å²) in [5.74, 6) is -0.386. The van der Waals surface area contributed by atoms with Crippen LogP contribution in [0.15, 0.2) is 48.2 Å². The summed E-state index contributed by atoms with van der Waals surface area (Å²) in [5, 5.41) is 5.31. The summed E-state index contributed by atoms with van der Waals surface area (Å²) < 4.78 is 5.55. The Morgan fingerprint density at radius 3 is 2.61 bits per heavy atom. The van der Waals surface area contributed by atoms with Gasteiger partial charge in [0.05, 0.1) is 7.11 Å². The van der Waals surface area contributed by atoms with Crippen LogP contribution in [0.2, 0.25) is 0 Å². The first-order valence-corrected chi connectivity index (χ1v) is 11.1. The summed E-state index contributed by atoms with van der Waals surface area (Å²) in [7, 11) is 1.58. The van der Waals surface area contributed by atoms with Gasteiger partial charge in [0, 0.05) is 36.1 Å². The van der Waals surface area contributed by atoms with Gasteiger partial charge in [-0.05, 0) is 56.0 Å². The van der Waals surface area contributed by atoms with Crippen molar-refractivity contribution in [1.29, 1.82) is 0 Å². The van der Waals surface area contributed by atoms with Crippen molar-refractivity contribution in [3.8, 4) is 5.75 Å². The molecule has 0 bridgehead atoms. The van der Waals surface area contributed by atoms with Crippen LogP contribution >= 0.6 is 0 Å². The minimum atomic E-state index is -0.630. The van der Waals surface area contributed by atoms with Gasteiger partial charge in [0.2, 0.25) is 5.91 Å². The van der Waals surface area contributed by atoms with E-state index in [0.29, 0.717) is 17.0 Å². The van der Waals surface area contributed by atoms with Gasteiger partial charge in [-0.25, -0.2) is 9.69 Å². The molecule has 0 saturated carbocycles. The van der Waals surface area contributed by atoms with Gasteiger partial charge in [-0.3, -0.25) is 9.59 Å². The molecule has 2 fully saturated rings. The van der Waals surface area contributed by atoms with Crippen molar-refractivity contribution < 1.29 is 19.1 Å². The molecule has 0 aromatic heterocycles. The molecule has 2 N–H and O–H groups in total. The second kappa shape index (κ2) is 9.77. The van der Waals surface area contributed by atoms with E-state index in [0.717, 1.165) is 29.2 Å². The van der Waals surface area contributed by atoms with E-state index >= 15 is 0 Å². The molecule has 2 aromatic carbocycles. The fourth-order valence-electron chi connectivity index (χ4n) is 4.09. The number of anilines is 2. The lowest BCUT2D eigenvalue weighted by molar-refractivity contribution is -0.127. The number of aryl methyl sites for hydroxylation is 1. The highest BCUT2D eigenvalue weighted by Gasteiger charge is 2.35. The van der Waals surface area contributed by atoms with Crippen molar-refractivity contribution in [3.63, 3.8) is 0 Å². The van der Waals surface area contributed by atoms with E-state index in [2.05, 4.69) is 15.5 Å². The number of imide groups is 1. The number of piperidine rings is 1. The smallest absolute Gasteiger partial charge is 0.329 e. The van der Waals surface area contributed by atoms with Crippen molar-refractivity contribution in [2.45, 2.75) is 26.2 Å². The van der Waals surface area contributed by atoms with Gasteiger partial charge >= 0.3 is 6.03 Å². The number of ether oxygens (including phenoxy) is 1. The van der Waals surface area contributed by atoms with E-state index < -0.39 is 17.8 Å². The van der Waals surface area contributed by atoms with Gasteiger partial charge in [0.1, 0.15) is 18.0 Å². The number of carbonyl (C=O) groups excluding carboxylic acids is 3. The Kier molecular flexibility index (Phi) is 6.63. The van der Waals surface area contributed by atoms with Crippen LogP contribution in [-0.2, 0) is 9.59 Å². The number of hydrogen-bond donors (Lipinski definition) is 2. The molecule has 2 heterocycles. The van der Waals surface area contributed by atoms with E-state index in [1.807, 2.05) is 37.3 Å². The van der Waals surface area contributed by atoms with Crippen molar-refractivity contribution in [2.24, 2.45) is 0 Å². The number of rotatable bonds is 6. The second-order valence-corrected chi connectivity index (χ2v) is 8.22. The van der Waals surface area contributed by atoms with Crippen molar-refractivity contribution in [2.75, 3.05) is 37.0 Å². The van der Waals surface area contributed by atoms with Crippen molar-refractivity contribution in [3.05, 3.63) is 59.3 Å². The number of methoxy groups -OCH3 is 1. The van der Waals surface area contributed by atoms with Gasteiger partial charge in [-0.1, -0.05) is 18.2 Å². The molecule has 0 radical (unpaired) electrons. The van der Waals surface area contributed by atoms with Gasteiger partial charge in [0.25, 0.3) is 5.91 Å². The molecule has 0 spiro atoms. The maximum Gasteiger partial charge on any atom is 0.329 e. The van der Waals surface area contributed by atoms with E-state index in [4.69, 9.17) is 4.74 Å². The third-order valence-corrected chi connectivity index (χ3v) is 5.92. The highest BCUT2D eigenvalue weighted by Crippen LogP contribution is 2.29. The predicted molar refractivity (Wildman–Crippen MR) is 127 cm³/mol. The molecule has 33 heavy (non-hydrogen) atoms. The minimum Gasteiger partial charge on any atom is -0.496 e. The molecule has 0 aliphatic carbocycles. The molecule has 172 valence electrons. The summed E-state index contributed by atoms with van der Waals surface area (Å²) in [6, 6.07) is 12.5. The quantitative estimate of drug-likeness (QED) is 0.521. The molecular formula is C25H28N4O4. The summed E-state index contributed by atoms with van der Waals surface area (Å²) in [5.41, 5.74) is 3.39. The summed E-state index contributed by atoms with van der Waals surface area (Å²) in [4.78, 5) is 40.9. The van der Waals surface area contributed by atoms with Crippen LogP contribution in [0.25, 0.3) is 6.08 Å². The average Bonchev–Trinajstić information content (AvgIpc) is 3.08. The highest BCUT2D eigenvalue weighted by molar-refractivity contribution is 6.16. The number of urea groups is 1. The number of carbonyl (C=O) groups is 3. The molecule has 8 nitrogen and oxygen atoms in total. The van der Waals surface area contributed by atoms with Crippen LogP contribution in [0.5, 0.6) is 5.75 Å². The molecule has 2 aliphatic rings. The number of amides is 4. The Morgan fingerprint density at radius 1 is 1.12 bits per heavy atom. The number of para-hydroxylation sites is 1. The van der Waals surface area contributed by atoms with Crippen molar-refractivity contribution >= 4 is 35.3 Å². The summed E-state index contributed by atoms with van der Waals surface area (Å²) in [6.07, 6.45) is 5.17. The first kappa shape index (κ1) is 22.4. The van der Waals surface area contributed by atoms with Crippen LogP contribution in [0, 0.1) is 6.92 Å². The topological polar surface area (TPSA) is 91.0 Å². The van der Waals surface area contributed by atoms with Crippen LogP contribution in [0.3, 0.4) is 0 Å². The van der Waals surface area contributed by atoms with E-state index in [1.165, 1.54) is 19.3 Å². The zero-order chi connectivity index (χ0) is 23.4. The van der Waals surface area contributed by atoms with Crippen LogP contribution in [0.1, 0.15) is 30.4 Å². The Labute approximate surface area is 193 Å². The van der Waals surface area contributed by atoms with Crippen molar-refractivity contribution in [1.82, 2.24) is 10.2 Å². The van der Waals surface area contributed by atoms with Crippen LogP contribution in [0.4, 0.5) is 16.2 Å². The Balaban J connectivity index is 1.48. The molecular weight excluding hydrogens is 420 g/mol. The van der Waals surface area contributed by atoms with E-state index in [-0.39, 0.29) is 12.2 Å². The van der Waals surface area contributed by atoms with Gasteiger partial charge in [-0.2, -0.15) is 0 Å². The first-order valence-electron chi connectivity index (χ1n) is 11.1. The standard InChI is InChI=1S/C25H28N4O4/c1-17-8-4-5-9-20(17)26-23(30)16-29-24(31)21(27-25(29)32)14-18-10-11-19(15-22(18)33-2)28-12-6-3-7-13-28/h4-5,8-11,14-15H,3,6-7,12-13,16H2,1-2H3,(H,26,30)(H,27,32)/b21-14-.